The van der Waals surface area contributed by atoms with Gasteiger partial charge in [0.1, 0.15) is 6.33 Å². The third-order valence-corrected chi connectivity index (χ3v) is 2.99. The second-order valence-corrected chi connectivity index (χ2v) is 5.37. The molecule has 1 aromatic carbocycles. The van der Waals surface area contributed by atoms with E-state index in [1.54, 1.807) is 7.11 Å². The quantitative estimate of drug-likeness (QED) is 0.845. The van der Waals surface area contributed by atoms with Gasteiger partial charge in [-0.3, -0.25) is 0 Å². The molecule has 1 heterocycles. The molecule has 108 valence electrons. The van der Waals surface area contributed by atoms with Crippen LogP contribution in [-0.4, -0.2) is 28.4 Å². The Bertz CT molecular complexity index is 558. The zero-order valence-corrected chi connectivity index (χ0v) is 13.2. The highest BCUT2D eigenvalue weighted by atomic mass is 79.9. The van der Waals surface area contributed by atoms with Gasteiger partial charge < -0.3 is 14.8 Å². The molecule has 0 aliphatic carbocycles. The average Bonchev–Trinajstić information content (AvgIpc) is 2.91. The SMILES string of the molecule is COc1cc(Br)cc(CNc2ncn[nH]2)c1OC(C)C. The normalized spacial score (nSPS) is 10.7. The van der Waals surface area contributed by atoms with Gasteiger partial charge in [-0.05, 0) is 26.0 Å². The fourth-order valence-corrected chi connectivity index (χ4v) is 2.23. The number of nitrogens with zero attached hydrogens (tertiary/aromatic N) is 2. The predicted octanol–water partition coefficient (Wildman–Crippen LogP) is 2.98. The van der Waals surface area contributed by atoms with E-state index < -0.39 is 0 Å². The molecule has 0 spiro atoms. The van der Waals surface area contributed by atoms with Crippen molar-refractivity contribution in [1.29, 1.82) is 0 Å². The summed E-state index contributed by atoms with van der Waals surface area (Å²) >= 11 is 3.47. The van der Waals surface area contributed by atoms with Crippen molar-refractivity contribution in [2.75, 3.05) is 12.4 Å². The van der Waals surface area contributed by atoms with Gasteiger partial charge in [0.2, 0.25) is 5.95 Å². The number of ether oxygens (including phenoxy) is 2. The summed E-state index contributed by atoms with van der Waals surface area (Å²) in [7, 11) is 1.63. The van der Waals surface area contributed by atoms with Crippen molar-refractivity contribution in [3.05, 3.63) is 28.5 Å². The summed E-state index contributed by atoms with van der Waals surface area (Å²) in [5, 5.41) is 9.70. The van der Waals surface area contributed by atoms with Gasteiger partial charge in [0.15, 0.2) is 11.5 Å². The number of hydrogen-bond acceptors (Lipinski definition) is 5. The largest absolute Gasteiger partial charge is 0.493 e. The minimum Gasteiger partial charge on any atom is -0.493 e. The molecule has 0 bridgehead atoms. The lowest BCUT2D eigenvalue weighted by Gasteiger charge is -2.18. The molecule has 0 atom stereocenters. The van der Waals surface area contributed by atoms with Gasteiger partial charge in [0.05, 0.1) is 13.2 Å². The highest BCUT2D eigenvalue weighted by Gasteiger charge is 2.14. The molecule has 0 radical (unpaired) electrons. The van der Waals surface area contributed by atoms with Crippen molar-refractivity contribution in [2.24, 2.45) is 0 Å². The number of rotatable bonds is 6. The molecular weight excluding hydrogens is 324 g/mol. The minimum atomic E-state index is 0.0640. The maximum Gasteiger partial charge on any atom is 0.218 e. The van der Waals surface area contributed by atoms with Crippen LogP contribution in [0.2, 0.25) is 0 Å². The van der Waals surface area contributed by atoms with E-state index in [9.17, 15) is 0 Å². The van der Waals surface area contributed by atoms with Gasteiger partial charge in [-0.1, -0.05) is 15.9 Å². The fourth-order valence-electron chi connectivity index (χ4n) is 1.74. The van der Waals surface area contributed by atoms with Gasteiger partial charge in [-0.15, -0.1) is 0 Å². The van der Waals surface area contributed by atoms with E-state index in [-0.39, 0.29) is 6.10 Å². The molecule has 6 nitrogen and oxygen atoms in total. The van der Waals surface area contributed by atoms with Gasteiger partial charge in [-0.25, -0.2) is 10.1 Å². The predicted molar refractivity (Wildman–Crippen MR) is 80.2 cm³/mol. The third-order valence-electron chi connectivity index (χ3n) is 2.53. The molecular formula is C13H17BrN4O2. The first-order valence-corrected chi connectivity index (χ1v) is 7.01. The molecule has 2 aromatic rings. The Labute approximate surface area is 126 Å². The Hall–Kier alpha value is -1.76. The number of benzene rings is 1. The standard InChI is InChI=1S/C13H17BrN4O2/c1-8(2)20-12-9(4-10(14)5-11(12)19-3)6-15-13-16-7-17-18-13/h4-5,7-8H,6H2,1-3H3,(H2,15,16,17,18). The van der Waals surface area contributed by atoms with Gasteiger partial charge in [-0.2, -0.15) is 5.10 Å². The first-order chi connectivity index (χ1) is 9.60. The number of anilines is 1. The molecule has 0 aliphatic heterocycles. The maximum atomic E-state index is 5.86. The van der Waals surface area contributed by atoms with Crippen LogP contribution in [0.15, 0.2) is 22.9 Å². The van der Waals surface area contributed by atoms with E-state index in [0.717, 1.165) is 15.8 Å². The molecule has 0 saturated heterocycles. The molecule has 2 rings (SSSR count). The lowest BCUT2D eigenvalue weighted by Crippen LogP contribution is -2.11. The second-order valence-electron chi connectivity index (χ2n) is 4.45. The van der Waals surface area contributed by atoms with E-state index in [4.69, 9.17) is 9.47 Å². The summed E-state index contributed by atoms with van der Waals surface area (Å²) in [5.41, 5.74) is 0.973. The Morgan fingerprint density at radius 2 is 2.20 bits per heavy atom. The van der Waals surface area contributed by atoms with Crippen LogP contribution in [0.5, 0.6) is 11.5 Å². The third kappa shape index (κ3) is 3.63. The summed E-state index contributed by atoms with van der Waals surface area (Å²) in [5.74, 6) is 2.04. The summed E-state index contributed by atoms with van der Waals surface area (Å²) in [6.07, 6.45) is 1.52. The highest BCUT2D eigenvalue weighted by Crippen LogP contribution is 2.35. The average molecular weight is 341 g/mol. The van der Waals surface area contributed by atoms with Crippen molar-refractivity contribution in [3.63, 3.8) is 0 Å². The maximum absolute atomic E-state index is 5.86. The molecule has 7 heteroatoms. The Balaban J connectivity index is 2.26. The van der Waals surface area contributed by atoms with Crippen molar-refractivity contribution < 1.29 is 9.47 Å². The zero-order valence-electron chi connectivity index (χ0n) is 11.6. The Morgan fingerprint density at radius 1 is 1.40 bits per heavy atom. The molecule has 1 aromatic heterocycles. The van der Waals surface area contributed by atoms with E-state index >= 15 is 0 Å². The highest BCUT2D eigenvalue weighted by molar-refractivity contribution is 9.10. The summed E-state index contributed by atoms with van der Waals surface area (Å²) in [6, 6.07) is 3.87. The number of halogens is 1. The molecule has 0 aliphatic rings. The lowest BCUT2D eigenvalue weighted by atomic mass is 10.2. The first-order valence-electron chi connectivity index (χ1n) is 6.22. The van der Waals surface area contributed by atoms with Crippen LogP contribution in [0, 0.1) is 0 Å². The van der Waals surface area contributed by atoms with E-state index in [1.165, 1.54) is 6.33 Å². The molecule has 0 fully saturated rings. The fraction of sp³-hybridized carbons (Fsp3) is 0.385. The van der Waals surface area contributed by atoms with E-state index in [1.807, 2.05) is 26.0 Å². The van der Waals surface area contributed by atoms with Crippen LogP contribution in [0.4, 0.5) is 5.95 Å². The number of nitrogens with one attached hydrogen (secondary N) is 2. The van der Waals surface area contributed by atoms with Crippen LogP contribution in [-0.2, 0) is 6.54 Å². The van der Waals surface area contributed by atoms with Crippen molar-refractivity contribution in [2.45, 2.75) is 26.5 Å². The summed E-state index contributed by atoms with van der Waals surface area (Å²) in [6.45, 7) is 4.51. The molecule has 20 heavy (non-hydrogen) atoms. The Morgan fingerprint density at radius 3 is 2.80 bits per heavy atom. The number of H-pyrrole nitrogens is 1. The molecule has 0 amide bonds. The first kappa shape index (κ1) is 14.6. The van der Waals surface area contributed by atoms with Crippen molar-refractivity contribution >= 4 is 21.9 Å². The topological polar surface area (TPSA) is 72.1 Å². The van der Waals surface area contributed by atoms with Crippen LogP contribution >= 0.6 is 15.9 Å². The molecule has 2 N–H and O–H groups in total. The molecule has 0 unspecified atom stereocenters. The monoisotopic (exact) mass is 340 g/mol. The smallest absolute Gasteiger partial charge is 0.218 e. The van der Waals surface area contributed by atoms with Crippen LogP contribution < -0.4 is 14.8 Å². The summed E-state index contributed by atoms with van der Waals surface area (Å²) in [4.78, 5) is 4.03. The minimum absolute atomic E-state index is 0.0640. The van der Waals surface area contributed by atoms with Gasteiger partial charge >= 0.3 is 0 Å². The van der Waals surface area contributed by atoms with Crippen molar-refractivity contribution in [1.82, 2.24) is 15.2 Å². The van der Waals surface area contributed by atoms with Crippen molar-refractivity contribution in [3.8, 4) is 11.5 Å². The lowest BCUT2D eigenvalue weighted by molar-refractivity contribution is 0.228. The Kier molecular flexibility index (Phi) is 4.84. The number of hydrogen-bond donors (Lipinski definition) is 2. The van der Waals surface area contributed by atoms with Gasteiger partial charge in [0.25, 0.3) is 0 Å². The second kappa shape index (κ2) is 6.60. The van der Waals surface area contributed by atoms with Gasteiger partial charge in [0, 0.05) is 16.6 Å². The number of aromatic amines is 1. The number of aromatic nitrogens is 3. The summed E-state index contributed by atoms with van der Waals surface area (Å²) < 4.78 is 12.2. The zero-order chi connectivity index (χ0) is 14.5. The van der Waals surface area contributed by atoms with Crippen LogP contribution in [0.25, 0.3) is 0 Å². The van der Waals surface area contributed by atoms with Crippen LogP contribution in [0.3, 0.4) is 0 Å². The number of methoxy groups -OCH3 is 1. The van der Waals surface area contributed by atoms with E-state index in [0.29, 0.717) is 18.2 Å². The molecule has 0 saturated carbocycles. The van der Waals surface area contributed by atoms with E-state index in [2.05, 4.69) is 36.4 Å². The van der Waals surface area contributed by atoms with Crippen LogP contribution in [0.1, 0.15) is 19.4 Å².